The number of halogens is 13. The summed E-state index contributed by atoms with van der Waals surface area (Å²) < 4.78 is 190. The maximum atomic E-state index is 15.5. The highest BCUT2D eigenvalue weighted by molar-refractivity contribution is 7.93. The van der Waals surface area contributed by atoms with Gasteiger partial charge >= 0.3 is 12.4 Å². The molecule has 4 atom stereocenters. The van der Waals surface area contributed by atoms with Crippen molar-refractivity contribution in [1.29, 1.82) is 0 Å². The lowest BCUT2D eigenvalue weighted by atomic mass is 10.0. The van der Waals surface area contributed by atoms with Crippen LogP contribution in [0, 0.1) is 17.6 Å². The quantitative estimate of drug-likeness (QED) is 0.0863. The van der Waals surface area contributed by atoms with Crippen LogP contribution in [-0.4, -0.2) is 61.2 Å². The standard InChI is InChI=1S/C39H27ClF12N10O3S/c40-21-3-4-24(31-30(21)35(58-60(31)13-26(43)44)59-66(65)18-1-2-18)62-28(64)12-22(34-53-6-5-25(56-34)38(47,48)49)55-36(62)23(9-15-7-16(41)10-17(42)8-15)54-27(63)14-61-33-29(32(57-61)39(50,51)52)19-11-20(19)37(33,45)46/h3-8,10,12,18-20,23,26H,1-2,9,11,13-14H2,(H,54,63)(H,58,59). The fourth-order valence-corrected chi connectivity index (χ4v) is 9.42. The molecule has 0 aliphatic heterocycles. The van der Waals surface area contributed by atoms with Crippen molar-refractivity contribution in [1.82, 2.24) is 44.4 Å². The van der Waals surface area contributed by atoms with Crippen molar-refractivity contribution >= 4 is 45.6 Å². The van der Waals surface area contributed by atoms with Crippen LogP contribution in [0.5, 0.6) is 0 Å². The highest BCUT2D eigenvalue weighted by atomic mass is 35.5. The third-order valence-corrected chi connectivity index (χ3v) is 12.8. The Balaban J connectivity index is 1.25. The van der Waals surface area contributed by atoms with Crippen LogP contribution >= 0.6 is 11.6 Å². The summed E-state index contributed by atoms with van der Waals surface area (Å²) in [6, 6.07) is 3.44. The molecule has 2 N–H and O–H groups in total. The first-order chi connectivity index (χ1) is 31.0. The number of rotatable bonds is 13. The third kappa shape index (κ3) is 8.41. The van der Waals surface area contributed by atoms with Gasteiger partial charge in [0.05, 0.1) is 39.0 Å². The molecule has 66 heavy (non-hydrogen) atoms. The van der Waals surface area contributed by atoms with Crippen LogP contribution in [0.3, 0.4) is 0 Å². The predicted molar refractivity (Wildman–Crippen MR) is 208 cm³/mol. The minimum absolute atomic E-state index is 0.164. The van der Waals surface area contributed by atoms with E-state index in [0.29, 0.717) is 46.5 Å². The minimum Gasteiger partial charge on any atom is -0.593 e. The van der Waals surface area contributed by atoms with Gasteiger partial charge in [-0.05, 0) is 48.2 Å². The van der Waals surface area contributed by atoms with Gasteiger partial charge in [0, 0.05) is 49.1 Å². The number of alkyl halides is 10. The van der Waals surface area contributed by atoms with Crippen molar-refractivity contribution in [3.8, 4) is 17.2 Å². The summed E-state index contributed by atoms with van der Waals surface area (Å²) in [6.45, 7) is -2.53. The van der Waals surface area contributed by atoms with E-state index in [9.17, 15) is 58.0 Å². The van der Waals surface area contributed by atoms with Crippen molar-refractivity contribution in [3.63, 3.8) is 0 Å². The summed E-state index contributed by atoms with van der Waals surface area (Å²) in [5, 5.41) is 9.15. The van der Waals surface area contributed by atoms with Gasteiger partial charge in [-0.15, -0.1) is 5.10 Å². The second-order valence-electron chi connectivity index (χ2n) is 15.7. The van der Waals surface area contributed by atoms with Gasteiger partial charge in [0.1, 0.15) is 52.9 Å². The van der Waals surface area contributed by atoms with Gasteiger partial charge in [0.25, 0.3) is 17.9 Å². The van der Waals surface area contributed by atoms with Gasteiger partial charge in [-0.25, -0.2) is 32.5 Å². The van der Waals surface area contributed by atoms with E-state index in [2.05, 4.69) is 35.2 Å². The first-order valence-electron chi connectivity index (χ1n) is 19.5. The zero-order valence-electron chi connectivity index (χ0n) is 32.9. The van der Waals surface area contributed by atoms with Crippen LogP contribution in [0.25, 0.3) is 28.1 Å². The number of fused-ring (bicyclic) bond motifs is 4. The lowest BCUT2D eigenvalue weighted by Crippen LogP contribution is -2.38. The van der Waals surface area contributed by atoms with Crippen molar-refractivity contribution < 1.29 is 62.0 Å². The van der Waals surface area contributed by atoms with Crippen LogP contribution in [0.15, 0.2) is 53.5 Å². The van der Waals surface area contributed by atoms with Gasteiger partial charge in [0.15, 0.2) is 11.5 Å². The molecule has 4 aromatic heterocycles. The van der Waals surface area contributed by atoms with Gasteiger partial charge in [-0.1, -0.05) is 11.6 Å². The Hall–Kier alpha value is -5.89. The van der Waals surface area contributed by atoms with E-state index < -0.39 is 142 Å². The molecule has 0 saturated heterocycles. The van der Waals surface area contributed by atoms with Crippen LogP contribution in [0.4, 0.5) is 58.5 Å². The number of benzene rings is 2. The minimum atomic E-state index is -5.22. The number of carbonyl (C=O) groups is 1. The molecule has 2 fully saturated rings. The maximum absolute atomic E-state index is 15.5. The zero-order valence-corrected chi connectivity index (χ0v) is 34.4. The number of hydrogen-bond acceptors (Lipinski definition) is 9. The Morgan fingerprint density at radius 1 is 0.970 bits per heavy atom. The normalized spacial score (nSPS) is 18.7. The molecule has 3 aliphatic rings. The van der Waals surface area contributed by atoms with Gasteiger partial charge < -0.3 is 9.87 Å². The monoisotopic (exact) mass is 978 g/mol. The lowest BCUT2D eigenvalue weighted by molar-refractivity contribution is -0.142. The molecule has 9 rings (SSSR count). The smallest absolute Gasteiger partial charge is 0.435 e. The topological polar surface area (TPSA) is 160 Å². The molecule has 1 amide bonds. The van der Waals surface area contributed by atoms with Crippen LogP contribution in [0.2, 0.25) is 5.02 Å². The Kier molecular flexibility index (Phi) is 11.1. The fraction of sp³-hybridized carbons (Fsp3) is 0.359. The average Bonchev–Trinajstić information content (AvgIpc) is 4.14. The number of hydrogen-bond donors (Lipinski definition) is 2. The first kappa shape index (κ1) is 45.3. The number of nitrogens with zero attached hydrogens (tertiary/aromatic N) is 8. The SMILES string of the molecule is O=C(Cn1nc(C(F)(F)F)c2c1C(F)(F)C1CC21)NC(Cc1cc(F)cc(F)c1)c1nc(-c2nccc(C(F)(F)F)n2)cc(=O)n1-c1ccc(Cl)c2c(N[S+]([O-])C3CC3)nn(CC(F)F)c12. The number of amides is 1. The Morgan fingerprint density at radius 2 is 1.68 bits per heavy atom. The summed E-state index contributed by atoms with van der Waals surface area (Å²) >= 11 is 4.78. The molecular formula is C39H27ClF12N10O3S. The molecule has 4 unspecified atom stereocenters. The molecule has 3 aliphatic carbocycles. The molecule has 2 aromatic carbocycles. The molecule has 348 valence electrons. The van der Waals surface area contributed by atoms with Crippen molar-refractivity contribution in [2.45, 2.75) is 80.7 Å². The maximum Gasteiger partial charge on any atom is 0.435 e. The summed E-state index contributed by atoms with van der Waals surface area (Å²) in [5.41, 5.74) is -8.14. The van der Waals surface area contributed by atoms with Gasteiger partial charge in [-0.2, -0.15) is 44.9 Å². The summed E-state index contributed by atoms with van der Waals surface area (Å²) in [4.78, 5) is 40.2. The van der Waals surface area contributed by atoms with E-state index >= 15 is 8.78 Å². The Morgan fingerprint density at radius 3 is 2.33 bits per heavy atom. The highest BCUT2D eigenvalue weighted by Gasteiger charge is 2.68. The molecule has 0 bridgehead atoms. The molecule has 0 spiro atoms. The van der Waals surface area contributed by atoms with Crippen molar-refractivity contribution in [3.05, 3.63) is 110 Å². The highest BCUT2D eigenvalue weighted by Crippen LogP contribution is 2.68. The Bertz CT molecular complexity index is 2970. The third-order valence-electron chi connectivity index (χ3n) is 11.0. The number of nitrogens with one attached hydrogen (secondary N) is 2. The summed E-state index contributed by atoms with van der Waals surface area (Å²) in [6.07, 6.45) is -12.7. The van der Waals surface area contributed by atoms with E-state index in [-0.39, 0.29) is 43.7 Å². The van der Waals surface area contributed by atoms with E-state index in [0.717, 1.165) is 24.3 Å². The van der Waals surface area contributed by atoms with E-state index in [1.54, 1.807) is 0 Å². The molecule has 13 nitrogen and oxygen atoms in total. The van der Waals surface area contributed by atoms with Gasteiger partial charge in [0.2, 0.25) is 11.7 Å². The summed E-state index contributed by atoms with van der Waals surface area (Å²) in [7, 11) is 0. The lowest BCUT2D eigenvalue weighted by Gasteiger charge is -2.24. The first-order valence-corrected chi connectivity index (χ1v) is 21.1. The predicted octanol–water partition coefficient (Wildman–Crippen LogP) is 8.02. The Labute approximate surface area is 369 Å². The second-order valence-corrected chi connectivity index (χ2v) is 17.6. The van der Waals surface area contributed by atoms with E-state index in [1.165, 1.54) is 0 Å². The largest absolute Gasteiger partial charge is 0.593 e. The molecule has 6 aromatic rings. The van der Waals surface area contributed by atoms with E-state index in [1.807, 2.05) is 0 Å². The second kappa shape index (κ2) is 16.2. The number of anilines is 1. The van der Waals surface area contributed by atoms with Crippen LogP contribution in [0.1, 0.15) is 65.3 Å². The average molecular weight is 979 g/mol. The molecule has 27 heteroatoms. The van der Waals surface area contributed by atoms with Crippen LogP contribution in [-0.2, 0) is 53.9 Å². The van der Waals surface area contributed by atoms with Crippen molar-refractivity contribution in [2.24, 2.45) is 5.92 Å². The molecule has 0 radical (unpaired) electrons. The number of carbonyl (C=O) groups excluding carboxylic acids is 1. The number of aromatic nitrogens is 8. The molecular weight excluding hydrogens is 952 g/mol. The van der Waals surface area contributed by atoms with Gasteiger partial charge in [-0.3, -0.25) is 23.5 Å². The molecule has 2 saturated carbocycles. The zero-order chi connectivity index (χ0) is 47.4. The molecule has 4 heterocycles. The van der Waals surface area contributed by atoms with Crippen molar-refractivity contribution in [2.75, 3.05) is 4.72 Å². The van der Waals surface area contributed by atoms with Crippen LogP contribution < -0.4 is 15.6 Å². The fourth-order valence-electron chi connectivity index (χ4n) is 8.11. The summed E-state index contributed by atoms with van der Waals surface area (Å²) in [5.74, 6) is -12.1. The van der Waals surface area contributed by atoms with E-state index in [4.69, 9.17) is 11.6 Å².